The first-order valence-electron chi connectivity index (χ1n) is 5.43. The molecule has 0 bridgehead atoms. The molecule has 0 atom stereocenters. The molecule has 0 amide bonds. The van der Waals surface area contributed by atoms with Crippen LogP contribution in [0.25, 0.3) is 0 Å². The minimum Gasteiger partial charge on any atom is -0.481 e. The highest BCUT2D eigenvalue weighted by Gasteiger charge is 2.01. The van der Waals surface area contributed by atoms with Crippen molar-refractivity contribution in [3.05, 3.63) is 53.9 Å². The van der Waals surface area contributed by atoms with Crippen molar-refractivity contribution in [2.45, 2.75) is 17.3 Å². The molecule has 2 rings (SSSR count). The van der Waals surface area contributed by atoms with Gasteiger partial charge in [0, 0.05) is 18.1 Å². The number of aliphatic carboxylic acids is 1. The number of nitrogens with zero attached hydrogens (tertiary/aromatic N) is 2. The van der Waals surface area contributed by atoms with Crippen molar-refractivity contribution in [1.29, 1.82) is 0 Å². The maximum absolute atomic E-state index is 10.5. The van der Waals surface area contributed by atoms with Crippen LogP contribution in [0.1, 0.15) is 11.1 Å². The highest BCUT2D eigenvalue weighted by Crippen LogP contribution is 2.18. The first kappa shape index (κ1) is 12.6. The van der Waals surface area contributed by atoms with E-state index in [1.807, 2.05) is 24.3 Å². The fraction of sp³-hybridized carbons (Fsp3) is 0.154. The van der Waals surface area contributed by atoms with Crippen molar-refractivity contribution in [1.82, 2.24) is 9.97 Å². The first-order valence-corrected chi connectivity index (χ1v) is 6.42. The first-order chi connectivity index (χ1) is 8.74. The second-order valence-corrected chi connectivity index (χ2v) is 4.65. The van der Waals surface area contributed by atoms with E-state index in [9.17, 15) is 4.79 Å². The predicted molar refractivity (Wildman–Crippen MR) is 69.4 cm³/mol. The molecule has 0 aliphatic heterocycles. The summed E-state index contributed by atoms with van der Waals surface area (Å²) in [5.74, 6) is -0.0352. The van der Waals surface area contributed by atoms with Crippen LogP contribution in [0.3, 0.4) is 0 Å². The van der Waals surface area contributed by atoms with Crippen molar-refractivity contribution in [2.75, 3.05) is 0 Å². The number of benzene rings is 1. The minimum absolute atomic E-state index is 0.0647. The van der Waals surface area contributed by atoms with Crippen molar-refractivity contribution in [3.8, 4) is 0 Å². The lowest BCUT2D eigenvalue weighted by atomic mass is 10.1. The Bertz CT molecular complexity index is 514. The van der Waals surface area contributed by atoms with Crippen LogP contribution < -0.4 is 0 Å². The monoisotopic (exact) mass is 260 g/mol. The fourth-order valence-electron chi connectivity index (χ4n) is 1.44. The predicted octanol–water partition coefficient (Wildman–Crippen LogP) is 2.40. The molecule has 1 heterocycles. The van der Waals surface area contributed by atoms with E-state index >= 15 is 0 Å². The summed E-state index contributed by atoms with van der Waals surface area (Å²) in [7, 11) is 0. The number of carboxylic acids is 1. The van der Waals surface area contributed by atoms with Gasteiger partial charge in [-0.05, 0) is 17.2 Å². The van der Waals surface area contributed by atoms with Gasteiger partial charge in [-0.15, -0.1) is 0 Å². The topological polar surface area (TPSA) is 63.1 Å². The van der Waals surface area contributed by atoms with E-state index in [0.717, 1.165) is 22.0 Å². The van der Waals surface area contributed by atoms with E-state index in [2.05, 4.69) is 9.97 Å². The van der Waals surface area contributed by atoms with Crippen LogP contribution in [0.4, 0.5) is 0 Å². The summed E-state index contributed by atoms with van der Waals surface area (Å²) in [4.78, 5) is 18.8. The Hall–Kier alpha value is -1.88. The summed E-state index contributed by atoms with van der Waals surface area (Å²) < 4.78 is 0. The summed E-state index contributed by atoms with van der Waals surface area (Å²) in [6.45, 7) is 0. The van der Waals surface area contributed by atoms with Gasteiger partial charge in [0.25, 0.3) is 0 Å². The molecule has 0 aliphatic carbocycles. The number of carboxylic acid groups (broad SMARTS) is 1. The van der Waals surface area contributed by atoms with Gasteiger partial charge in [0.2, 0.25) is 0 Å². The van der Waals surface area contributed by atoms with Crippen LogP contribution in [0.2, 0.25) is 0 Å². The third-order valence-electron chi connectivity index (χ3n) is 2.29. The van der Waals surface area contributed by atoms with Crippen molar-refractivity contribution in [3.63, 3.8) is 0 Å². The molecule has 0 saturated heterocycles. The second kappa shape index (κ2) is 6.16. The molecular formula is C13H12N2O2S. The molecule has 0 radical (unpaired) electrons. The van der Waals surface area contributed by atoms with E-state index in [0.29, 0.717) is 0 Å². The van der Waals surface area contributed by atoms with Gasteiger partial charge in [0.15, 0.2) is 5.16 Å². The van der Waals surface area contributed by atoms with Crippen molar-refractivity contribution < 1.29 is 9.90 Å². The molecule has 1 aromatic carbocycles. The molecule has 0 fully saturated rings. The summed E-state index contributed by atoms with van der Waals surface area (Å²) in [5.41, 5.74) is 1.94. The van der Waals surface area contributed by atoms with Crippen LogP contribution in [0.15, 0.2) is 47.9 Å². The molecule has 18 heavy (non-hydrogen) atoms. The quantitative estimate of drug-likeness (QED) is 0.660. The Balaban J connectivity index is 1.92. The third kappa shape index (κ3) is 3.85. The molecule has 0 spiro atoms. The lowest BCUT2D eigenvalue weighted by molar-refractivity contribution is -0.136. The van der Waals surface area contributed by atoms with Gasteiger partial charge >= 0.3 is 5.97 Å². The van der Waals surface area contributed by atoms with E-state index in [4.69, 9.17) is 5.11 Å². The van der Waals surface area contributed by atoms with E-state index in [-0.39, 0.29) is 6.42 Å². The highest BCUT2D eigenvalue weighted by atomic mass is 32.2. The van der Waals surface area contributed by atoms with Gasteiger partial charge in [-0.3, -0.25) is 4.79 Å². The summed E-state index contributed by atoms with van der Waals surface area (Å²) in [6, 6.07) is 9.35. The zero-order valence-electron chi connectivity index (χ0n) is 9.61. The smallest absolute Gasteiger partial charge is 0.307 e. The molecule has 1 aromatic heterocycles. The molecule has 1 N–H and O–H groups in total. The maximum atomic E-state index is 10.5. The van der Waals surface area contributed by atoms with Crippen LogP contribution in [0, 0.1) is 0 Å². The fourth-order valence-corrected chi connectivity index (χ4v) is 2.19. The lowest BCUT2D eigenvalue weighted by Crippen LogP contribution is -1.99. The molecule has 2 aromatic rings. The van der Waals surface area contributed by atoms with Gasteiger partial charge < -0.3 is 5.11 Å². The highest BCUT2D eigenvalue weighted by molar-refractivity contribution is 7.98. The number of hydrogen-bond donors (Lipinski definition) is 1. The molecule has 0 aliphatic rings. The largest absolute Gasteiger partial charge is 0.481 e. The van der Waals surface area contributed by atoms with Crippen LogP contribution in [-0.4, -0.2) is 21.0 Å². The second-order valence-electron chi connectivity index (χ2n) is 3.71. The van der Waals surface area contributed by atoms with Gasteiger partial charge in [-0.25, -0.2) is 9.97 Å². The standard InChI is InChI=1S/C13H12N2O2S/c16-12(17)8-10-2-4-11(5-3-10)9-18-13-14-6-1-7-15-13/h1-7H,8-9H2,(H,16,17). The Morgan fingerprint density at radius 2 is 1.72 bits per heavy atom. The third-order valence-corrected chi connectivity index (χ3v) is 3.24. The Morgan fingerprint density at radius 3 is 2.33 bits per heavy atom. The SMILES string of the molecule is O=C(O)Cc1ccc(CSc2ncccn2)cc1. The molecule has 4 nitrogen and oxygen atoms in total. The molecular weight excluding hydrogens is 248 g/mol. The van der Waals surface area contributed by atoms with Gasteiger partial charge in [-0.1, -0.05) is 36.0 Å². The average Bonchev–Trinajstić information content (AvgIpc) is 2.38. The number of rotatable bonds is 5. The maximum Gasteiger partial charge on any atom is 0.307 e. The molecule has 0 saturated carbocycles. The van der Waals surface area contributed by atoms with Crippen molar-refractivity contribution >= 4 is 17.7 Å². The van der Waals surface area contributed by atoms with Gasteiger partial charge in [0.1, 0.15) is 0 Å². The van der Waals surface area contributed by atoms with Crippen LogP contribution in [0.5, 0.6) is 0 Å². The zero-order valence-corrected chi connectivity index (χ0v) is 10.4. The number of aromatic nitrogens is 2. The van der Waals surface area contributed by atoms with E-state index in [1.165, 1.54) is 0 Å². The van der Waals surface area contributed by atoms with Gasteiger partial charge in [-0.2, -0.15) is 0 Å². The van der Waals surface area contributed by atoms with Gasteiger partial charge in [0.05, 0.1) is 6.42 Å². The summed E-state index contributed by atoms with van der Waals surface area (Å²) >= 11 is 1.55. The van der Waals surface area contributed by atoms with Crippen LogP contribution in [-0.2, 0) is 17.0 Å². The van der Waals surface area contributed by atoms with Crippen molar-refractivity contribution in [2.24, 2.45) is 0 Å². The lowest BCUT2D eigenvalue weighted by Gasteiger charge is -2.02. The number of thioether (sulfide) groups is 1. The number of carbonyl (C=O) groups is 1. The molecule has 5 heteroatoms. The summed E-state index contributed by atoms with van der Waals surface area (Å²) in [5, 5.41) is 9.41. The van der Waals surface area contributed by atoms with E-state index < -0.39 is 5.97 Å². The van der Waals surface area contributed by atoms with Crippen LogP contribution >= 0.6 is 11.8 Å². The van der Waals surface area contributed by atoms with E-state index in [1.54, 1.807) is 30.2 Å². The Kier molecular flexibility index (Phi) is 4.30. The number of hydrogen-bond acceptors (Lipinski definition) is 4. The minimum atomic E-state index is -0.810. The normalized spacial score (nSPS) is 10.2. The average molecular weight is 260 g/mol. The Labute approximate surface area is 109 Å². The molecule has 0 unspecified atom stereocenters. The Morgan fingerprint density at radius 1 is 1.11 bits per heavy atom. The summed E-state index contributed by atoms with van der Waals surface area (Å²) in [6.07, 6.45) is 3.49. The zero-order chi connectivity index (χ0) is 12.8. The molecule has 92 valence electrons.